The molecule has 0 bridgehead atoms. The van der Waals surface area contributed by atoms with Crippen molar-refractivity contribution in [2.24, 2.45) is 0 Å². The maximum Gasteiger partial charge on any atom is 0.260 e. The van der Waals surface area contributed by atoms with Crippen molar-refractivity contribution in [1.82, 2.24) is 9.88 Å². The molecule has 4 nitrogen and oxygen atoms in total. The summed E-state index contributed by atoms with van der Waals surface area (Å²) in [4.78, 5) is 23.4. The zero-order valence-electron chi connectivity index (χ0n) is 21.6. The van der Waals surface area contributed by atoms with E-state index in [4.69, 9.17) is 16.6 Å². The third-order valence-electron chi connectivity index (χ3n) is 6.83. The highest BCUT2D eigenvalue weighted by Gasteiger charge is 2.26. The molecule has 1 amide bonds. The highest BCUT2D eigenvalue weighted by molar-refractivity contribution is 6.30. The van der Waals surface area contributed by atoms with Gasteiger partial charge in [0.25, 0.3) is 5.91 Å². The number of para-hydroxylation sites is 1. The van der Waals surface area contributed by atoms with Crippen LogP contribution in [0.2, 0.25) is 5.02 Å². The van der Waals surface area contributed by atoms with Crippen molar-refractivity contribution >= 4 is 34.1 Å². The van der Waals surface area contributed by atoms with E-state index < -0.39 is 0 Å². The first-order valence-corrected chi connectivity index (χ1v) is 13.2. The average molecular weight is 520 g/mol. The fraction of sp³-hybridized carbons (Fsp3) is 0.152. The van der Waals surface area contributed by atoms with Crippen molar-refractivity contribution in [3.8, 4) is 11.1 Å². The van der Waals surface area contributed by atoms with Gasteiger partial charge in [0.05, 0.1) is 16.8 Å². The third kappa shape index (κ3) is 5.47. The molecule has 5 rings (SSSR count). The molecule has 0 aliphatic heterocycles. The number of aromatic nitrogens is 1. The van der Waals surface area contributed by atoms with Gasteiger partial charge in [0, 0.05) is 41.8 Å². The minimum absolute atomic E-state index is 0.102. The molecule has 0 aliphatic rings. The summed E-state index contributed by atoms with van der Waals surface area (Å²) in [6.07, 6.45) is 0. The molecule has 1 heterocycles. The number of hydrogen-bond donors (Lipinski definition) is 0. The maximum atomic E-state index is 14.4. The Kier molecular flexibility index (Phi) is 7.83. The van der Waals surface area contributed by atoms with Crippen LogP contribution in [0.25, 0.3) is 22.0 Å². The van der Waals surface area contributed by atoms with Crippen LogP contribution < -0.4 is 4.90 Å². The first-order valence-electron chi connectivity index (χ1n) is 12.8. The zero-order chi connectivity index (χ0) is 26.5. The van der Waals surface area contributed by atoms with Gasteiger partial charge >= 0.3 is 0 Å². The Morgan fingerprint density at radius 3 is 2.11 bits per heavy atom. The lowest BCUT2D eigenvalue weighted by atomic mass is 9.93. The van der Waals surface area contributed by atoms with E-state index in [2.05, 4.69) is 54.3 Å². The second-order valence-corrected chi connectivity index (χ2v) is 9.76. The monoisotopic (exact) mass is 519 g/mol. The predicted octanol–water partition coefficient (Wildman–Crippen LogP) is 7.85. The zero-order valence-corrected chi connectivity index (χ0v) is 22.4. The number of carbonyl (C=O) groups is 1. The van der Waals surface area contributed by atoms with E-state index in [9.17, 15) is 4.79 Å². The fourth-order valence-electron chi connectivity index (χ4n) is 4.79. The number of rotatable bonds is 8. The largest absolute Gasteiger partial charge is 0.311 e. The molecule has 0 saturated heterocycles. The third-order valence-corrected chi connectivity index (χ3v) is 7.08. The highest BCUT2D eigenvalue weighted by atomic mass is 35.5. The number of halogens is 1. The van der Waals surface area contributed by atoms with Crippen LogP contribution in [0.1, 0.15) is 28.5 Å². The molecule has 0 N–H and O–H groups in total. The first-order chi connectivity index (χ1) is 18.5. The van der Waals surface area contributed by atoms with Crippen molar-refractivity contribution in [2.75, 3.05) is 18.5 Å². The van der Waals surface area contributed by atoms with Gasteiger partial charge in [-0.1, -0.05) is 97.4 Å². The minimum Gasteiger partial charge on any atom is -0.311 e. The topological polar surface area (TPSA) is 36.4 Å². The van der Waals surface area contributed by atoms with Gasteiger partial charge in [-0.2, -0.15) is 0 Å². The normalized spacial score (nSPS) is 11.2. The summed E-state index contributed by atoms with van der Waals surface area (Å²) in [6, 6.07) is 35.9. The Hall–Kier alpha value is -3.99. The van der Waals surface area contributed by atoms with E-state index in [1.807, 2.05) is 54.6 Å². The van der Waals surface area contributed by atoms with E-state index in [1.165, 1.54) is 5.56 Å². The van der Waals surface area contributed by atoms with Crippen LogP contribution in [0.5, 0.6) is 0 Å². The Balaban J connectivity index is 1.68. The summed E-state index contributed by atoms with van der Waals surface area (Å²) in [5.74, 6) is -0.102. The second-order valence-electron chi connectivity index (χ2n) is 9.32. The van der Waals surface area contributed by atoms with Crippen LogP contribution in [0.3, 0.4) is 0 Å². The molecule has 0 aliphatic carbocycles. The number of hydrogen-bond acceptors (Lipinski definition) is 3. The molecule has 4 aromatic carbocycles. The molecule has 0 atom stereocenters. The van der Waals surface area contributed by atoms with Gasteiger partial charge in [-0.05, 0) is 48.0 Å². The van der Waals surface area contributed by atoms with Gasteiger partial charge in [0.2, 0.25) is 0 Å². The molecule has 0 spiro atoms. The van der Waals surface area contributed by atoms with Crippen LogP contribution in [0, 0.1) is 0 Å². The van der Waals surface area contributed by atoms with Crippen LogP contribution >= 0.6 is 11.6 Å². The van der Waals surface area contributed by atoms with Crippen molar-refractivity contribution < 1.29 is 4.79 Å². The molecular formula is C33H30ClN3O. The summed E-state index contributed by atoms with van der Waals surface area (Å²) < 4.78 is 0. The maximum absolute atomic E-state index is 14.4. The van der Waals surface area contributed by atoms with E-state index in [1.54, 1.807) is 24.1 Å². The summed E-state index contributed by atoms with van der Waals surface area (Å²) in [5.41, 5.74) is 6.17. The Morgan fingerprint density at radius 2 is 1.42 bits per heavy atom. The summed E-state index contributed by atoms with van der Waals surface area (Å²) in [5, 5.41) is 1.59. The van der Waals surface area contributed by atoms with Gasteiger partial charge in [-0.15, -0.1) is 0 Å². The summed E-state index contributed by atoms with van der Waals surface area (Å²) in [7, 11) is 1.81. The van der Waals surface area contributed by atoms with Crippen LogP contribution in [0.15, 0.2) is 109 Å². The highest BCUT2D eigenvalue weighted by Crippen LogP contribution is 2.35. The first kappa shape index (κ1) is 25.7. The van der Waals surface area contributed by atoms with Gasteiger partial charge in [0.15, 0.2) is 0 Å². The van der Waals surface area contributed by atoms with Crippen molar-refractivity contribution in [3.63, 3.8) is 0 Å². The summed E-state index contributed by atoms with van der Waals surface area (Å²) >= 11 is 6.13. The van der Waals surface area contributed by atoms with E-state index in [0.29, 0.717) is 17.1 Å². The van der Waals surface area contributed by atoms with E-state index >= 15 is 0 Å². The Morgan fingerprint density at radius 1 is 0.789 bits per heavy atom. The second kappa shape index (κ2) is 11.6. The van der Waals surface area contributed by atoms with Gasteiger partial charge in [0.1, 0.15) is 0 Å². The number of amides is 1. The smallest absolute Gasteiger partial charge is 0.260 e. The quantitative estimate of drug-likeness (QED) is 0.209. The number of benzene rings is 4. The van der Waals surface area contributed by atoms with Crippen LogP contribution in [0.4, 0.5) is 5.69 Å². The van der Waals surface area contributed by atoms with Crippen molar-refractivity contribution in [1.29, 1.82) is 0 Å². The standard InChI is InChI=1S/C33H30ClN3O/c1-3-37(22-24-12-6-4-7-13-24)23-30-32(33(38)36(2)27-20-18-26(34)19-21-27)31(25-14-8-5-9-15-25)28-16-10-11-17-29(28)35-30/h4-21H,3,22-23H2,1-2H3. The fourth-order valence-corrected chi connectivity index (χ4v) is 4.92. The lowest BCUT2D eigenvalue weighted by Crippen LogP contribution is -2.30. The molecule has 0 fully saturated rings. The Labute approximate surface area is 229 Å². The van der Waals surface area contributed by atoms with Crippen LogP contribution in [-0.4, -0.2) is 29.4 Å². The number of pyridine rings is 1. The molecule has 0 unspecified atom stereocenters. The van der Waals surface area contributed by atoms with Gasteiger partial charge < -0.3 is 4.90 Å². The number of carbonyl (C=O) groups excluding carboxylic acids is 1. The molecule has 190 valence electrons. The predicted molar refractivity (Wildman–Crippen MR) is 158 cm³/mol. The number of fused-ring (bicyclic) bond motifs is 1. The number of anilines is 1. The van der Waals surface area contributed by atoms with Gasteiger partial charge in [-0.25, -0.2) is 0 Å². The molecule has 0 saturated carbocycles. The lowest BCUT2D eigenvalue weighted by molar-refractivity contribution is 0.0991. The van der Waals surface area contributed by atoms with Crippen LogP contribution in [-0.2, 0) is 13.1 Å². The molecule has 0 radical (unpaired) electrons. The van der Waals surface area contributed by atoms with E-state index in [-0.39, 0.29) is 5.91 Å². The molecule has 5 aromatic rings. The van der Waals surface area contributed by atoms with Crippen molar-refractivity contribution in [3.05, 3.63) is 131 Å². The molecule has 5 heteroatoms. The molecule has 38 heavy (non-hydrogen) atoms. The SMILES string of the molecule is CCN(Cc1ccccc1)Cc1nc2ccccc2c(-c2ccccc2)c1C(=O)N(C)c1ccc(Cl)cc1. The average Bonchev–Trinajstić information content (AvgIpc) is 2.96. The van der Waals surface area contributed by atoms with Gasteiger partial charge in [-0.3, -0.25) is 14.7 Å². The molecule has 1 aromatic heterocycles. The van der Waals surface area contributed by atoms with E-state index in [0.717, 1.165) is 46.5 Å². The Bertz CT molecular complexity index is 1540. The lowest BCUT2D eigenvalue weighted by Gasteiger charge is -2.26. The minimum atomic E-state index is -0.102. The molecular weight excluding hydrogens is 490 g/mol. The summed E-state index contributed by atoms with van der Waals surface area (Å²) in [6.45, 7) is 4.28. The number of nitrogens with zero attached hydrogens (tertiary/aromatic N) is 3. The van der Waals surface area contributed by atoms with Crippen molar-refractivity contribution in [2.45, 2.75) is 20.0 Å².